The van der Waals surface area contributed by atoms with Crippen LogP contribution in [0.5, 0.6) is 0 Å². The van der Waals surface area contributed by atoms with Gasteiger partial charge in [-0.1, -0.05) is 18.6 Å². The molecule has 1 aromatic rings. The number of rotatable bonds is 3. The molecule has 1 aromatic heterocycles. The van der Waals surface area contributed by atoms with Crippen molar-refractivity contribution in [1.29, 1.82) is 0 Å². The van der Waals surface area contributed by atoms with Gasteiger partial charge in [-0.15, -0.1) is 0 Å². The van der Waals surface area contributed by atoms with E-state index in [2.05, 4.69) is 6.92 Å². The minimum absolute atomic E-state index is 0.168. The summed E-state index contributed by atoms with van der Waals surface area (Å²) in [6, 6.07) is 3.84. The van der Waals surface area contributed by atoms with Gasteiger partial charge in [0.2, 0.25) is 0 Å². The normalized spacial score (nSPS) is 30.8. The fourth-order valence-corrected chi connectivity index (χ4v) is 3.98. The van der Waals surface area contributed by atoms with Gasteiger partial charge >= 0.3 is 0 Å². The fraction of sp³-hybridized carbons (Fsp3) is 0.526. The third-order valence-electron chi connectivity index (χ3n) is 5.33. The van der Waals surface area contributed by atoms with E-state index in [0.717, 1.165) is 49.0 Å². The summed E-state index contributed by atoms with van der Waals surface area (Å²) in [4.78, 5) is 12.6. The zero-order valence-electron chi connectivity index (χ0n) is 13.4. The van der Waals surface area contributed by atoms with Crippen LogP contribution in [0.3, 0.4) is 0 Å². The number of hydrogen-bond donors (Lipinski definition) is 1. The maximum Gasteiger partial charge on any atom is 0.184 e. The van der Waals surface area contributed by atoms with Crippen molar-refractivity contribution < 1.29 is 14.3 Å². The van der Waals surface area contributed by atoms with Crippen molar-refractivity contribution in [3.63, 3.8) is 0 Å². The Hall–Kier alpha value is -1.61. The second kappa shape index (κ2) is 5.88. The molecule has 22 heavy (non-hydrogen) atoms. The van der Waals surface area contributed by atoms with Crippen LogP contribution >= 0.6 is 0 Å². The summed E-state index contributed by atoms with van der Waals surface area (Å²) in [5, 5.41) is 10.5. The number of hydrogen-bond acceptors (Lipinski definition) is 3. The number of allylic oxidation sites excluding steroid dienone is 3. The molecule has 3 rings (SSSR count). The van der Waals surface area contributed by atoms with Gasteiger partial charge in [0.25, 0.3) is 0 Å². The molecular formula is C19H24O3. The van der Waals surface area contributed by atoms with Crippen LogP contribution in [0.1, 0.15) is 51.7 Å². The molecule has 0 aromatic carbocycles. The first-order chi connectivity index (χ1) is 10.5. The summed E-state index contributed by atoms with van der Waals surface area (Å²) in [5.41, 5.74) is 2.64. The van der Waals surface area contributed by atoms with E-state index in [9.17, 15) is 9.90 Å². The Morgan fingerprint density at radius 2 is 2.32 bits per heavy atom. The number of aryl methyl sites for hydroxylation is 1. The van der Waals surface area contributed by atoms with E-state index in [0.29, 0.717) is 6.42 Å². The molecule has 0 amide bonds. The van der Waals surface area contributed by atoms with Crippen molar-refractivity contribution in [2.24, 2.45) is 5.41 Å². The van der Waals surface area contributed by atoms with E-state index in [-0.39, 0.29) is 17.3 Å². The van der Waals surface area contributed by atoms with Crippen molar-refractivity contribution >= 4 is 5.78 Å². The number of ketones is 1. The lowest BCUT2D eigenvalue weighted by atomic mass is 9.61. The molecule has 1 saturated carbocycles. The van der Waals surface area contributed by atoms with Crippen molar-refractivity contribution in [3.8, 4) is 0 Å². The summed E-state index contributed by atoms with van der Waals surface area (Å²) in [7, 11) is 0. The van der Waals surface area contributed by atoms with Crippen LogP contribution in [-0.4, -0.2) is 17.0 Å². The predicted molar refractivity (Wildman–Crippen MR) is 85.4 cm³/mol. The Morgan fingerprint density at radius 1 is 1.50 bits per heavy atom. The van der Waals surface area contributed by atoms with Gasteiger partial charge in [0.15, 0.2) is 5.78 Å². The summed E-state index contributed by atoms with van der Waals surface area (Å²) in [6.45, 7) is 4.04. The first kappa shape index (κ1) is 15.3. The number of aliphatic hydroxyl groups excluding tert-OH is 1. The molecule has 118 valence electrons. The monoisotopic (exact) mass is 300 g/mol. The molecule has 0 unspecified atom stereocenters. The highest BCUT2D eigenvalue weighted by Gasteiger charge is 2.45. The van der Waals surface area contributed by atoms with E-state index in [4.69, 9.17) is 4.42 Å². The molecule has 0 spiro atoms. The highest BCUT2D eigenvalue weighted by atomic mass is 16.3. The lowest BCUT2D eigenvalue weighted by Crippen LogP contribution is -2.42. The smallest absolute Gasteiger partial charge is 0.184 e. The van der Waals surface area contributed by atoms with Crippen molar-refractivity contribution in [2.75, 3.05) is 0 Å². The molecular weight excluding hydrogens is 276 g/mol. The summed E-state index contributed by atoms with van der Waals surface area (Å²) in [5.74, 6) is 1.11. The molecule has 0 bridgehead atoms. The van der Waals surface area contributed by atoms with Gasteiger partial charge in [-0.3, -0.25) is 4.79 Å². The Kier molecular flexibility index (Phi) is 4.09. The maximum absolute atomic E-state index is 12.6. The summed E-state index contributed by atoms with van der Waals surface area (Å²) >= 11 is 0. The number of carbonyl (C=O) groups is 1. The molecule has 1 N–H and O–H groups in total. The zero-order chi connectivity index (χ0) is 15.7. The first-order valence-electron chi connectivity index (χ1n) is 8.17. The largest absolute Gasteiger partial charge is 0.469 e. The second-order valence-electron chi connectivity index (χ2n) is 6.78. The average Bonchev–Trinajstić information content (AvgIpc) is 3.00. The van der Waals surface area contributed by atoms with Gasteiger partial charge in [-0.05, 0) is 62.3 Å². The zero-order valence-corrected chi connectivity index (χ0v) is 13.4. The maximum atomic E-state index is 12.6. The van der Waals surface area contributed by atoms with Crippen LogP contribution in [0.15, 0.2) is 45.6 Å². The van der Waals surface area contributed by atoms with Crippen LogP contribution in [0.2, 0.25) is 0 Å². The second-order valence-corrected chi connectivity index (χ2v) is 6.78. The Labute approximate surface area is 131 Å². The standard InChI is InChI=1S/C19H24O3/c1-13-16-9-4-10-17(20)19(16,2)12-14(18(13)21)6-3-7-15-8-5-11-22-15/h5-6,8,11,17,20H,3-4,7,9-10,12H2,1-2H3/b14-6+/t17-,19-/m0/s1. The van der Waals surface area contributed by atoms with Gasteiger partial charge in [-0.25, -0.2) is 0 Å². The van der Waals surface area contributed by atoms with Crippen molar-refractivity contribution in [3.05, 3.63) is 47.0 Å². The molecule has 3 heteroatoms. The topological polar surface area (TPSA) is 50.4 Å². The quantitative estimate of drug-likeness (QED) is 0.859. The molecule has 2 aliphatic carbocycles. The van der Waals surface area contributed by atoms with E-state index in [1.54, 1.807) is 6.26 Å². The highest BCUT2D eigenvalue weighted by molar-refractivity contribution is 6.09. The van der Waals surface area contributed by atoms with Crippen LogP contribution in [0.25, 0.3) is 0 Å². The summed E-state index contributed by atoms with van der Waals surface area (Å²) in [6.07, 6.45) is 8.40. The molecule has 1 heterocycles. The SMILES string of the molecule is CC1=C2CCC[C@H](O)[C@@]2(C)C/C(=C\CCc2ccco2)C1=O. The van der Waals surface area contributed by atoms with Gasteiger partial charge < -0.3 is 9.52 Å². The van der Waals surface area contributed by atoms with Crippen LogP contribution in [-0.2, 0) is 11.2 Å². The molecule has 0 radical (unpaired) electrons. The van der Waals surface area contributed by atoms with Gasteiger partial charge in [0.05, 0.1) is 12.4 Å². The van der Waals surface area contributed by atoms with Gasteiger partial charge in [0.1, 0.15) is 5.76 Å². The minimum Gasteiger partial charge on any atom is -0.469 e. The van der Waals surface area contributed by atoms with Gasteiger partial charge in [0, 0.05) is 11.8 Å². The summed E-state index contributed by atoms with van der Waals surface area (Å²) < 4.78 is 5.33. The number of fused-ring (bicyclic) bond motifs is 1. The average molecular weight is 300 g/mol. The molecule has 2 atom stereocenters. The highest BCUT2D eigenvalue weighted by Crippen LogP contribution is 2.50. The fourth-order valence-electron chi connectivity index (χ4n) is 3.98. The molecule has 3 nitrogen and oxygen atoms in total. The lowest BCUT2D eigenvalue weighted by molar-refractivity contribution is -0.113. The van der Waals surface area contributed by atoms with E-state index >= 15 is 0 Å². The van der Waals surface area contributed by atoms with Crippen molar-refractivity contribution in [2.45, 2.75) is 58.5 Å². The molecule has 0 aliphatic heterocycles. The molecule has 0 saturated heterocycles. The lowest BCUT2D eigenvalue weighted by Gasteiger charge is -2.45. The van der Waals surface area contributed by atoms with Gasteiger partial charge in [-0.2, -0.15) is 0 Å². The van der Waals surface area contributed by atoms with E-state index in [1.165, 1.54) is 5.57 Å². The van der Waals surface area contributed by atoms with E-state index in [1.807, 2.05) is 25.1 Å². The van der Waals surface area contributed by atoms with Crippen molar-refractivity contribution in [1.82, 2.24) is 0 Å². The predicted octanol–water partition coefficient (Wildman–Crippen LogP) is 3.98. The molecule has 1 fully saturated rings. The number of aliphatic hydroxyl groups is 1. The Balaban J connectivity index is 1.82. The Morgan fingerprint density at radius 3 is 3.05 bits per heavy atom. The number of furan rings is 1. The van der Waals surface area contributed by atoms with E-state index < -0.39 is 0 Å². The van der Waals surface area contributed by atoms with Crippen LogP contribution in [0.4, 0.5) is 0 Å². The minimum atomic E-state index is -0.340. The van der Waals surface area contributed by atoms with Crippen LogP contribution in [0, 0.1) is 5.41 Å². The third-order valence-corrected chi connectivity index (χ3v) is 5.33. The third kappa shape index (κ3) is 2.58. The first-order valence-corrected chi connectivity index (χ1v) is 8.17. The number of carbonyl (C=O) groups excluding carboxylic acids is 1. The molecule has 2 aliphatic rings. The Bertz CT molecular complexity index is 621. The van der Waals surface area contributed by atoms with Crippen LogP contribution < -0.4 is 0 Å². The number of Topliss-reactive ketones (excluding diaryl/α,β-unsaturated/α-hetero) is 1.